The van der Waals surface area contributed by atoms with Gasteiger partial charge in [0.05, 0.1) is 18.1 Å². The van der Waals surface area contributed by atoms with E-state index >= 15 is 0 Å². The highest BCUT2D eigenvalue weighted by atomic mass is 16.7. The SMILES string of the molecule is Cc1ccc(OCCN(C)C(=O)/C=C/c2cc([N+](=O)[O-])cc3c2OCOC3)cc1. The van der Waals surface area contributed by atoms with E-state index in [0.29, 0.717) is 30.0 Å². The van der Waals surface area contributed by atoms with Crippen LogP contribution >= 0.6 is 0 Å². The van der Waals surface area contributed by atoms with Gasteiger partial charge < -0.3 is 19.1 Å². The van der Waals surface area contributed by atoms with Crippen LogP contribution in [0.15, 0.2) is 42.5 Å². The summed E-state index contributed by atoms with van der Waals surface area (Å²) in [6.07, 6.45) is 2.89. The van der Waals surface area contributed by atoms with Crippen molar-refractivity contribution in [2.45, 2.75) is 13.5 Å². The molecule has 1 heterocycles. The number of hydrogen-bond donors (Lipinski definition) is 0. The number of non-ortho nitro benzene ring substituents is 1. The van der Waals surface area contributed by atoms with Crippen LogP contribution in [0.4, 0.5) is 5.69 Å². The molecule has 8 heteroatoms. The van der Waals surface area contributed by atoms with E-state index in [4.69, 9.17) is 14.2 Å². The lowest BCUT2D eigenvalue weighted by Gasteiger charge is -2.19. The fraction of sp³-hybridized carbons (Fsp3) is 0.286. The molecular weight excluding hydrogens is 376 g/mol. The van der Waals surface area contributed by atoms with Crippen LogP contribution in [-0.4, -0.2) is 42.7 Å². The van der Waals surface area contributed by atoms with Gasteiger partial charge in [-0.05, 0) is 25.1 Å². The molecule has 2 aromatic carbocycles. The van der Waals surface area contributed by atoms with Crippen LogP contribution in [0.3, 0.4) is 0 Å². The predicted molar refractivity (Wildman–Crippen MR) is 107 cm³/mol. The lowest BCUT2D eigenvalue weighted by atomic mass is 10.1. The van der Waals surface area contributed by atoms with Gasteiger partial charge >= 0.3 is 0 Å². The second-order valence-corrected chi connectivity index (χ2v) is 6.65. The maximum atomic E-state index is 12.4. The number of carbonyl (C=O) groups is 1. The van der Waals surface area contributed by atoms with Gasteiger partial charge in [-0.25, -0.2) is 0 Å². The number of aryl methyl sites for hydroxylation is 1. The first kappa shape index (κ1) is 20.3. The van der Waals surface area contributed by atoms with Gasteiger partial charge in [-0.15, -0.1) is 0 Å². The Kier molecular flexibility index (Phi) is 6.46. The van der Waals surface area contributed by atoms with Crippen molar-refractivity contribution in [1.29, 1.82) is 0 Å². The molecule has 0 aliphatic carbocycles. The summed E-state index contributed by atoms with van der Waals surface area (Å²) in [5, 5.41) is 11.1. The Bertz CT molecular complexity index is 924. The Balaban J connectivity index is 1.62. The molecule has 0 bridgehead atoms. The summed E-state index contributed by atoms with van der Waals surface area (Å²) in [4.78, 5) is 24.6. The summed E-state index contributed by atoms with van der Waals surface area (Å²) in [6, 6.07) is 10.5. The summed E-state index contributed by atoms with van der Waals surface area (Å²) in [5.41, 5.74) is 2.12. The monoisotopic (exact) mass is 398 g/mol. The third-order valence-corrected chi connectivity index (χ3v) is 4.43. The Labute approximate surface area is 168 Å². The molecule has 0 unspecified atom stereocenters. The summed E-state index contributed by atoms with van der Waals surface area (Å²) in [5.74, 6) is 0.996. The molecule has 1 aliphatic heterocycles. The van der Waals surface area contributed by atoms with Gasteiger partial charge in [0.1, 0.15) is 18.1 Å². The second kappa shape index (κ2) is 9.20. The maximum Gasteiger partial charge on any atom is 0.270 e. The highest BCUT2D eigenvalue weighted by molar-refractivity contribution is 5.92. The van der Waals surface area contributed by atoms with Gasteiger partial charge in [-0.3, -0.25) is 14.9 Å². The number of likely N-dealkylation sites (N-methyl/N-ethyl adjacent to an activating group) is 1. The van der Waals surface area contributed by atoms with Gasteiger partial charge in [0, 0.05) is 36.4 Å². The van der Waals surface area contributed by atoms with E-state index in [0.717, 1.165) is 11.3 Å². The minimum absolute atomic E-state index is 0.0653. The second-order valence-electron chi connectivity index (χ2n) is 6.65. The number of benzene rings is 2. The molecule has 0 atom stereocenters. The zero-order valence-electron chi connectivity index (χ0n) is 16.3. The van der Waals surface area contributed by atoms with Crippen LogP contribution in [0.25, 0.3) is 6.08 Å². The molecule has 0 fully saturated rings. The molecule has 0 aromatic heterocycles. The summed E-state index contributed by atoms with van der Waals surface area (Å²) in [6.45, 7) is 3.04. The van der Waals surface area contributed by atoms with Crippen LogP contribution < -0.4 is 9.47 Å². The summed E-state index contributed by atoms with van der Waals surface area (Å²) in [7, 11) is 1.67. The first-order chi connectivity index (χ1) is 13.9. The first-order valence-corrected chi connectivity index (χ1v) is 9.08. The normalized spacial score (nSPS) is 12.9. The highest BCUT2D eigenvalue weighted by Gasteiger charge is 2.20. The summed E-state index contributed by atoms with van der Waals surface area (Å²) < 4.78 is 16.3. The molecule has 2 aromatic rings. The van der Waals surface area contributed by atoms with E-state index in [1.54, 1.807) is 7.05 Å². The zero-order valence-corrected chi connectivity index (χ0v) is 16.3. The zero-order chi connectivity index (χ0) is 20.8. The number of ether oxygens (including phenoxy) is 3. The van der Waals surface area contributed by atoms with Crippen LogP contribution in [0.2, 0.25) is 0 Å². The van der Waals surface area contributed by atoms with Crippen LogP contribution in [0, 0.1) is 17.0 Å². The van der Waals surface area contributed by atoms with Crippen molar-refractivity contribution in [3.63, 3.8) is 0 Å². The lowest BCUT2D eigenvalue weighted by molar-refractivity contribution is -0.385. The molecule has 0 N–H and O–H groups in total. The minimum Gasteiger partial charge on any atom is -0.492 e. The van der Waals surface area contributed by atoms with Crippen LogP contribution in [0.1, 0.15) is 16.7 Å². The van der Waals surface area contributed by atoms with Gasteiger partial charge in [0.2, 0.25) is 5.91 Å². The Morgan fingerprint density at radius 1 is 1.31 bits per heavy atom. The van der Waals surface area contributed by atoms with E-state index in [1.807, 2.05) is 31.2 Å². The number of nitro benzene ring substituents is 1. The standard InChI is InChI=1S/C21H22N2O6/c1-15-3-6-19(7-4-15)28-10-9-22(2)20(24)8-5-16-11-18(23(25)26)12-17-13-27-14-29-21(16)17/h3-8,11-12H,9-10,13-14H2,1-2H3/b8-5+. The Morgan fingerprint density at radius 3 is 2.79 bits per heavy atom. The Hall–Kier alpha value is -3.39. The van der Waals surface area contributed by atoms with Crippen molar-refractivity contribution in [3.05, 3.63) is 69.3 Å². The van der Waals surface area contributed by atoms with Crippen LogP contribution in [0.5, 0.6) is 11.5 Å². The number of fused-ring (bicyclic) bond motifs is 1. The largest absolute Gasteiger partial charge is 0.492 e. The number of hydrogen-bond acceptors (Lipinski definition) is 6. The maximum absolute atomic E-state index is 12.4. The van der Waals surface area contributed by atoms with Crippen LogP contribution in [-0.2, 0) is 16.1 Å². The average molecular weight is 398 g/mol. The molecular formula is C21H22N2O6. The quantitative estimate of drug-likeness (QED) is 0.404. The first-order valence-electron chi connectivity index (χ1n) is 9.08. The lowest BCUT2D eigenvalue weighted by Crippen LogP contribution is -2.29. The van der Waals surface area contributed by atoms with Gasteiger partial charge in [-0.2, -0.15) is 0 Å². The van der Waals surface area contributed by atoms with Crippen molar-refractivity contribution < 1.29 is 23.9 Å². The molecule has 1 aliphatic rings. The third-order valence-electron chi connectivity index (χ3n) is 4.43. The molecule has 29 heavy (non-hydrogen) atoms. The summed E-state index contributed by atoms with van der Waals surface area (Å²) >= 11 is 0. The Morgan fingerprint density at radius 2 is 2.07 bits per heavy atom. The van der Waals surface area contributed by atoms with E-state index in [2.05, 4.69) is 0 Å². The molecule has 152 valence electrons. The van der Waals surface area contributed by atoms with Crippen molar-refractivity contribution in [1.82, 2.24) is 4.90 Å². The minimum atomic E-state index is -0.484. The van der Waals surface area contributed by atoms with E-state index in [-0.39, 0.29) is 25.0 Å². The average Bonchev–Trinajstić information content (AvgIpc) is 2.72. The molecule has 0 saturated heterocycles. The molecule has 1 amide bonds. The number of nitrogens with zero attached hydrogens (tertiary/aromatic N) is 2. The number of amides is 1. The van der Waals surface area contributed by atoms with Gasteiger partial charge in [0.25, 0.3) is 5.69 Å². The number of carbonyl (C=O) groups excluding carboxylic acids is 1. The fourth-order valence-corrected chi connectivity index (χ4v) is 2.79. The van der Waals surface area contributed by atoms with Crippen molar-refractivity contribution in [2.24, 2.45) is 0 Å². The number of nitro groups is 1. The third kappa shape index (κ3) is 5.32. The van der Waals surface area contributed by atoms with E-state index in [9.17, 15) is 14.9 Å². The van der Waals surface area contributed by atoms with E-state index < -0.39 is 4.92 Å². The smallest absolute Gasteiger partial charge is 0.270 e. The fourth-order valence-electron chi connectivity index (χ4n) is 2.79. The van der Waals surface area contributed by atoms with Gasteiger partial charge in [0.15, 0.2) is 6.79 Å². The molecule has 0 spiro atoms. The highest BCUT2D eigenvalue weighted by Crippen LogP contribution is 2.33. The predicted octanol–water partition coefficient (Wildman–Crippen LogP) is 3.32. The van der Waals surface area contributed by atoms with Crippen molar-refractivity contribution in [2.75, 3.05) is 27.0 Å². The molecule has 0 radical (unpaired) electrons. The molecule has 8 nitrogen and oxygen atoms in total. The van der Waals surface area contributed by atoms with E-state index in [1.165, 1.54) is 29.2 Å². The topological polar surface area (TPSA) is 91.1 Å². The van der Waals surface area contributed by atoms with Crippen molar-refractivity contribution >= 4 is 17.7 Å². The molecule has 0 saturated carbocycles. The number of rotatable bonds is 7. The van der Waals surface area contributed by atoms with Crippen molar-refractivity contribution in [3.8, 4) is 11.5 Å². The van der Waals surface area contributed by atoms with Gasteiger partial charge in [-0.1, -0.05) is 17.7 Å². The molecule has 3 rings (SSSR count).